The molecule has 1 aromatic rings. The van der Waals surface area contributed by atoms with Gasteiger partial charge in [-0.3, -0.25) is 39.0 Å². The molecule has 3 N–H and O–H groups in total. The molecule has 0 radical (unpaired) electrons. The van der Waals surface area contributed by atoms with Crippen LogP contribution in [0.15, 0.2) is 24.4 Å². The van der Waals surface area contributed by atoms with Gasteiger partial charge in [-0.15, -0.1) is 0 Å². The van der Waals surface area contributed by atoms with Crippen molar-refractivity contribution >= 4 is 17.9 Å². The predicted molar refractivity (Wildman–Crippen MR) is 112 cm³/mol. The van der Waals surface area contributed by atoms with Gasteiger partial charge in [-0.05, 0) is 12.1 Å². The number of pyridine rings is 1. The van der Waals surface area contributed by atoms with Crippen molar-refractivity contribution in [3.05, 3.63) is 30.1 Å². The van der Waals surface area contributed by atoms with Crippen LogP contribution in [0.1, 0.15) is 5.69 Å². The molecule has 1 aliphatic rings. The first kappa shape index (κ1) is 24.7. The summed E-state index contributed by atoms with van der Waals surface area (Å²) in [6.45, 7) is 3.94. The van der Waals surface area contributed by atoms with Gasteiger partial charge in [-0.2, -0.15) is 0 Å². The molecule has 0 saturated carbocycles. The van der Waals surface area contributed by atoms with Crippen molar-refractivity contribution in [3.8, 4) is 0 Å². The lowest BCUT2D eigenvalue weighted by atomic mass is 10.3. The molecule has 1 saturated heterocycles. The lowest BCUT2D eigenvalue weighted by Crippen LogP contribution is -2.48. The van der Waals surface area contributed by atoms with Crippen molar-refractivity contribution in [1.82, 2.24) is 24.6 Å². The summed E-state index contributed by atoms with van der Waals surface area (Å²) in [7, 11) is 0. The summed E-state index contributed by atoms with van der Waals surface area (Å²) in [5.41, 5.74) is 0.886. The van der Waals surface area contributed by atoms with Crippen molar-refractivity contribution in [2.24, 2.45) is 0 Å². The average Bonchev–Trinajstić information content (AvgIpc) is 2.69. The summed E-state index contributed by atoms with van der Waals surface area (Å²) in [5.74, 6) is -2.83. The maximum absolute atomic E-state index is 11.3. The van der Waals surface area contributed by atoms with E-state index in [1.165, 1.54) is 0 Å². The molecule has 0 amide bonds. The molecule has 1 aromatic heterocycles. The van der Waals surface area contributed by atoms with Gasteiger partial charge in [-0.1, -0.05) is 6.07 Å². The molecule has 31 heavy (non-hydrogen) atoms. The largest absolute Gasteiger partial charge is 0.480 e. The summed E-state index contributed by atoms with van der Waals surface area (Å²) in [4.78, 5) is 45.6. The Kier molecular flexibility index (Phi) is 10.3. The summed E-state index contributed by atoms with van der Waals surface area (Å²) >= 11 is 0. The first-order valence-corrected chi connectivity index (χ1v) is 10.3. The predicted octanol–water partition coefficient (Wildman–Crippen LogP) is -0.943. The van der Waals surface area contributed by atoms with Crippen molar-refractivity contribution < 1.29 is 29.7 Å². The Morgan fingerprint density at radius 1 is 0.677 bits per heavy atom. The van der Waals surface area contributed by atoms with Crippen molar-refractivity contribution in [3.63, 3.8) is 0 Å². The second-order valence-corrected chi connectivity index (χ2v) is 7.61. The molecule has 2 rings (SSSR count). The minimum atomic E-state index is -0.969. The fourth-order valence-corrected chi connectivity index (χ4v) is 3.51. The molecule has 0 spiro atoms. The summed E-state index contributed by atoms with van der Waals surface area (Å²) < 4.78 is 0. The Hall–Kier alpha value is -2.60. The standard InChI is InChI=1S/C20H31N5O6/c26-18(27)14-23-7-5-22(13-17-3-1-2-4-21-17)6-8-24(15-19(28)29)10-12-25(11-9-23)16-20(30)31/h1-4H,5-16H2,(H,26,27)(H,28,29)(H,30,31). The molecule has 11 heteroatoms. The summed E-state index contributed by atoms with van der Waals surface area (Å²) in [5, 5.41) is 27.7. The van der Waals surface area contributed by atoms with Gasteiger partial charge in [0.15, 0.2) is 0 Å². The molecule has 1 aliphatic heterocycles. The number of aromatic nitrogens is 1. The van der Waals surface area contributed by atoms with E-state index >= 15 is 0 Å². The van der Waals surface area contributed by atoms with Crippen molar-refractivity contribution in [2.75, 3.05) is 72.0 Å². The molecule has 0 unspecified atom stereocenters. The number of nitrogens with zero attached hydrogens (tertiary/aromatic N) is 5. The molecule has 0 aliphatic carbocycles. The molecule has 1 fully saturated rings. The Morgan fingerprint density at radius 2 is 1.06 bits per heavy atom. The minimum Gasteiger partial charge on any atom is -0.480 e. The van der Waals surface area contributed by atoms with Gasteiger partial charge < -0.3 is 15.3 Å². The minimum absolute atomic E-state index is 0.122. The Balaban J connectivity index is 2.13. The van der Waals surface area contributed by atoms with Gasteiger partial charge >= 0.3 is 17.9 Å². The highest BCUT2D eigenvalue weighted by Gasteiger charge is 2.20. The van der Waals surface area contributed by atoms with E-state index < -0.39 is 17.9 Å². The van der Waals surface area contributed by atoms with E-state index in [9.17, 15) is 29.7 Å². The van der Waals surface area contributed by atoms with E-state index in [2.05, 4.69) is 9.88 Å². The quantitative estimate of drug-likeness (QED) is 0.464. The van der Waals surface area contributed by atoms with Gasteiger partial charge in [0, 0.05) is 65.1 Å². The molecule has 0 aromatic carbocycles. The zero-order valence-corrected chi connectivity index (χ0v) is 17.6. The SMILES string of the molecule is O=C(O)CN1CCN(CC(=O)O)CCN(Cc2ccccn2)CCN(CC(=O)O)CC1. The van der Waals surface area contributed by atoms with Gasteiger partial charge in [-0.25, -0.2) is 0 Å². The van der Waals surface area contributed by atoms with E-state index in [0.29, 0.717) is 58.9 Å². The third-order valence-corrected chi connectivity index (χ3v) is 5.12. The Labute approximate surface area is 181 Å². The normalized spacial score (nSPS) is 18.7. The van der Waals surface area contributed by atoms with Crippen LogP contribution in [-0.2, 0) is 20.9 Å². The Bertz CT molecular complexity index is 687. The zero-order chi connectivity index (χ0) is 22.6. The molecule has 172 valence electrons. The number of carboxylic acid groups (broad SMARTS) is 3. The van der Waals surface area contributed by atoms with Crippen LogP contribution in [0.2, 0.25) is 0 Å². The van der Waals surface area contributed by atoms with Crippen LogP contribution < -0.4 is 0 Å². The maximum atomic E-state index is 11.3. The second-order valence-electron chi connectivity index (χ2n) is 7.61. The highest BCUT2D eigenvalue weighted by Crippen LogP contribution is 2.05. The van der Waals surface area contributed by atoms with E-state index in [1.807, 2.05) is 18.2 Å². The lowest BCUT2D eigenvalue weighted by Gasteiger charge is -2.33. The van der Waals surface area contributed by atoms with Gasteiger partial charge in [0.25, 0.3) is 0 Å². The van der Waals surface area contributed by atoms with Gasteiger partial charge in [0.2, 0.25) is 0 Å². The molecule has 0 bridgehead atoms. The molecule has 2 heterocycles. The fourth-order valence-electron chi connectivity index (χ4n) is 3.51. The van der Waals surface area contributed by atoms with Gasteiger partial charge in [0.05, 0.1) is 25.3 Å². The van der Waals surface area contributed by atoms with Crippen LogP contribution in [0.25, 0.3) is 0 Å². The monoisotopic (exact) mass is 437 g/mol. The van der Waals surface area contributed by atoms with Crippen LogP contribution in [-0.4, -0.2) is 130 Å². The third-order valence-electron chi connectivity index (χ3n) is 5.12. The van der Waals surface area contributed by atoms with E-state index in [1.54, 1.807) is 20.9 Å². The maximum Gasteiger partial charge on any atom is 0.317 e. The van der Waals surface area contributed by atoms with E-state index in [0.717, 1.165) is 5.69 Å². The van der Waals surface area contributed by atoms with Crippen LogP contribution in [0, 0.1) is 0 Å². The fraction of sp³-hybridized carbons (Fsp3) is 0.600. The highest BCUT2D eigenvalue weighted by atomic mass is 16.4. The number of rotatable bonds is 8. The summed E-state index contributed by atoms with van der Waals surface area (Å²) in [6, 6.07) is 5.67. The first-order chi connectivity index (χ1) is 14.8. The number of hydrogen-bond donors (Lipinski definition) is 3. The molecular formula is C20H31N5O6. The van der Waals surface area contributed by atoms with Crippen molar-refractivity contribution in [2.45, 2.75) is 6.54 Å². The van der Waals surface area contributed by atoms with E-state index in [-0.39, 0.29) is 19.6 Å². The topological polar surface area (TPSA) is 138 Å². The summed E-state index contributed by atoms with van der Waals surface area (Å²) in [6.07, 6.45) is 1.72. The van der Waals surface area contributed by atoms with Crippen LogP contribution in [0.5, 0.6) is 0 Å². The van der Waals surface area contributed by atoms with Crippen molar-refractivity contribution in [1.29, 1.82) is 0 Å². The van der Waals surface area contributed by atoms with Crippen LogP contribution >= 0.6 is 0 Å². The highest BCUT2D eigenvalue weighted by molar-refractivity contribution is 5.69. The second kappa shape index (κ2) is 13.0. The average molecular weight is 437 g/mol. The number of carboxylic acids is 3. The zero-order valence-electron chi connectivity index (χ0n) is 17.6. The first-order valence-electron chi connectivity index (χ1n) is 10.3. The molecular weight excluding hydrogens is 406 g/mol. The number of aliphatic carboxylic acids is 3. The Morgan fingerprint density at radius 3 is 1.39 bits per heavy atom. The molecule has 0 atom stereocenters. The lowest BCUT2D eigenvalue weighted by molar-refractivity contribution is -0.140. The number of carbonyl (C=O) groups is 3. The van der Waals surface area contributed by atoms with Gasteiger partial charge in [0.1, 0.15) is 0 Å². The smallest absolute Gasteiger partial charge is 0.317 e. The van der Waals surface area contributed by atoms with Crippen LogP contribution in [0.4, 0.5) is 0 Å². The van der Waals surface area contributed by atoms with E-state index in [4.69, 9.17) is 0 Å². The molecule has 11 nitrogen and oxygen atoms in total. The third kappa shape index (κ3) is 10.3. The number of hydrogen-bond acceptors (Lipinski definition) is 8. The van der Waals surface area contributed by atoms with Crippen LogP contribution in [0.3, 0.4) is 0 Å².